The van der Waals surface area contributed by atoms with Crippen LogP contribution < -0.4 is 10.5 Å². The molecule has 30 heavy (non-hydrogen) atoms. The van der Waals surface area contributed by atoms with Crippen molar-refractivity contribution in [1.29, 1.82) is 0 Å². The molecule has 9 heteroatoms. The van der Waals surface area contributed by atoms with Crippen molar-refractivity contribution in [1.82, 2.24) is 24.7 Å². The summed E-state index contributed by atoms with van der Waals surface area (Å²) in [6.45, 7) is 2.12. The van der Waals surface area contributed by atoms with Crippen molar-refractivity contribution in [2.45, 2.75) is 12.5 Å². The first-order valence-corrected chi connectivity index (χ1v) is 10.2. The molecule has 0 unspecified atom stereocenters. The summed E-state index contributed by atoms with van der Waals surface area (Å²) >= 11 is 6.12. The minimum Gasteiger partial charge on any atom is -0.371 e. The van der Waals surface area contributed by atoms with Crippen LogP contribution in [0, 0.1) is 11.8 Å². The zero-order valence-electron chi connectivity index (χ0n) is 15.8. The van der Waals surface area contributed by atoms with E-state index in [-0.39, 0.29) is 12.1 Å². The van der Waals surface area contributed by atoms with Crippen LogP contribution in [0.4, 0.5) is 5.69 Å². The highest BCUT2D eigenvalue weighted by atomic mass is 35.5. The molecule has 1 saturated carbocycles. The average molecular weight is 421 g/mol. The average Bonchev–Trinajstić information content (AvgIpc) is 3.10. The van der Waals surface area contributed by atoms with Gasteiger partial charge in [-0.15, -0.1) is 0 Å². The second-order valence-corrected chi connectivity index (χ2v) is 8.29. The fourth-order valence-corrected chi connectivity index (χ4v) is 4.71. The van der Waals surface area contributed by atoms with Crippen LogP contribution in [0.25, 0.3) is 10.9 Å². The minimum absolute atomic E-state index is 0.150. The topological polar surface area (TPSA) is 89.9 Å². The van der Waals surface area contributed by atoms with Gasteiger partial charge in [-0.25, -0.2) is 4.98 Å². The summed E-state index contributed by atoms with van der Waals surface area (Å²) in [7, 11) is 0. The molecule has 3 aromatic heterocycles. The van der Waals surface area contributed by atoms with Gasteiger partial charge in [0.25, 0.3) is 5.56 Å². The van der Waals surface area contributed by atoms with Crippen molar-refractivity contribution >= 4 is 28.2 Å². The van der Waals surface area contributed by atoms with Gasteiger partial charge in [-0.05, 0) is 36.1 Å². The molecule has 0 N–H and O–H groups in total. The molecule has 3 atom stereocenters. The van der Waals surface area contributed by atoms with Crippen LogP contribution >= 0.6 is 11.6 Å². The highest BCUT2D eigenvalue weighted by Gasteiger charge is 2.58. The van der Waals surface area contributed by atoms with Crippen molar-refractivity contribution < 1.29 is 4.52 Å². The van der Waals surface area contributed by atoms with Gasteiger partial charge in [-0.2, -0.15) is 4.98 Å². The van der Waals surface area contributed by atoms with E-state index < -0.39 is 0 Å². The van der Waals surface area contributed by atoms with E-state index in [0.717, 1.165) is 29.6 Å². The number of piperidine rings is 1. The number of aromatic nitrogens is 5. The monoisotopic (exact) mass is 420 g/mol. The van der Waals surface area contributed by atoms with Gasteiger partial charge in [0.2, 0.25) is 5.89 Å². The standard InChI is InChI=1S/C21H17ClN6O2/c22-12-2-1-3-13(6-12)27-8-15-16(9-27)19(15)20-25-18(30-26-20)10-28-11-24-17-7-23-5-4-14(17)21(28)29/h1-7,11,15-16,19H,8-10H2/t15-,16+,19-. The number of rotatable bonds is 4. The predicted molar refractivity (Wildman–Crippen MR) is 111 cm³/mol. The molecule has 0 amide bonds. The summed E-state index contributed by atoms with van der Waals surface area (Å²) in [5.74, 6) is 2.50. The Hall–Kier alpha value is -3.26. The number of hydrogen-bond donors (Lipinski definition) is 0. The van der Waals surface area contributed by atoms with Crippen molar-refractivity contribution in [3.63, 3.8) is 0 Å². The molecule has 4 aromatic rings. The molecule has 150 valence electrons. The van der Waals surface area contributed by atoms with E-state index in [0.29, 0.717) is 34.5 Å². The zero-order valence-corrected chi connectivity index (χ0v) is 16.6. The summed E-state index contributed by atoms with van der Waals surface area (Å²) < 4.78 is 6.92. The maximum absolute atomic E-state index is 12.6. The van der Waals surface area contributed by atoms with Gasteiger partial charge in [-0.1, -0.05) is 22.8 Å². The first-order valence-electron chi connectivity index (χ1n) is 9.79. The third kappa shape index (κ3) is 2.87. The van der Waals surface area contributed by atoms with E-state index in [1.807, 2.05) is 18.2 Å². The molecule has 1 aliphatic heterocycles. The Morgan fingerprint density at radius 2 is 2.07 bits per heavy atom. The van der Waals surface area contributed by atoms with Crippen LogP contribution in [0.2, 0.25) is 5.02 Å². The molecule has 1 saturated heterocycles. The molecule has 1 aliphatic carbocycles. The van der Waals surface area contributed by atoms with Crippen LogP contribution in [0.15, 0.2) is 58.4 Å². The molecule has 2 fully saturated rings. The lowest BCUT2D eigenvalue weighted by atomic mass is 10.2. The van der Waals surface area contributed by atoms with Gasteiger partial charge in [0.15, 0.2) is 5.82 Å². The molecular formula is C21H17ClN6O2. The summed E-state index contributed by atoms with van der Waals surface area (Å²) in [5.41, 5.74) is 1.57. The summed E-state index contributed by atoms with van der Waals surface area (Å²) in [4.78, 5) is 27.8. The fraction of sp³-hybridized carbons (Fsp3) is 0.286. The third-order valence-corrected chi connectivity index (χ3v) is 6.32. The molecule has 2 aliphatic rings. The van der Waals surface area contributed by atoms with Crippen molar-refractivity contribution in [2.75, 3.05) is 18.0 Å². The number of pyridine rings is 1. The molecule has 6 rings (SSSR count). The molecule has 4 heterocycles. The van der Waals surface area contributed by atoms with Crippen molar-refractivity contribution in [2.24, 2.45) is 11.8 Å². The number of fused-ring (bicyclic) bond motifs is 2. The third-order valence-electron chi connectivity index (χ3n) is 6.08. The minimum atomic E-state index is -0.150. The Bertz CT molecular complexity index is 1310. The first kappa shape index (κ1) is 17.6. The van der Waals surface area contributed by atoms with Gasteiger partial charge in [0, 0.05) is 35.9 Å². The second-order valence-electron chi connectivity index (χ2n) is 7.86. The van der Waals surface area contributed by atoms with Gasteiger partial charge < -0.3 is 9.42 Å². The number of benzene rings is 1. The molecule has 0 radical (unpaired) electrons. The first-order chi connectivity index (χ1) is 14.7. The Morgan fingerprint density at radius 1 is 1.20 bits per heavy atom. The predicted octanol–water partition coefficient (Wildman–Crippen LogP) is 2.73. The Kier molecular flexibility index (Phi) is 3.89. The Morgan fingerprint density at radius 3 is 2.90 bits per heavy atom. The van der Waals surface area contributed by atoms with Gasteiger partial charge in [0.1, 0.15) is 6.54 Å². The highest BCUT2D eigenvalue weighted by Crippen LogP contribution is 2.57. The lowest BCUT2D eigenvalue weighted by Gasteiger charge is -2.21. The lowest BCUT2D eigenvalue weighted by molar-refractivity contribution is 0.363. The van der Waals surface area contributed by atoms with Crippen LogP contribution in [0.5, 0.6) is 0 Å². The van der Waals surface area contributed by atoms with E-state index in [4.69, 9.17) is 16.1 Å². The normalized spacial score (nSPS) is 22.4. The maximum Gasteiger partial charge on any atom is 0.261 e. The number of halogens is 1. The van der Waals surface area contributed by atoms with Crippen molar-refractivity contribution in [3.8, 4) is 0 Å². The zero-order chi connectivity index (χ0) is 20.2. The van der Waals surface area contributed by atoms with E-state index >= 15 is 0 Å². The fourth-order valence-electron chi connectivity index (χ4n) is 4.53. The molecule has 0 bridgehead atoms. The molecular weight excluding hydrogens is 404 g/mol. The van der Waals surface area contributed by atoms with Gasteiger partial charge in [0.05, 0.1) is 23.4 Å². The molecule has 8 nitrogen and oxygen atoms in total. The van der Waals surface area contributed by atoms with E-state index in [1.54, 1.807) is 18.5 Å². The number of hydrogen-bond acceptors (Lipinski definition) is 7. The van der Waals surface area contributed by atoms with E-state index in [2.05, 4.69) is 31.1 Å². The second kappa shape index (κ2) is 6.63. The molecule has 0 spiro atoms. The number of anilines is 1. The number of nitrogens with zero attached hydrogens (tertiary/aromatic N) is 6. The van der Waals surface area contributed by atoms with Crippen LogP contribution in [-0.4, -0.2) is 37.8 Å². The largest absolute Gasteiger partial charge is 0.371 e. The van der Waals surface area contributed by atoms with Gasteiger partial charge >= 0.3 is 0 Å². The summed E-state index contributed by atoms with van der Waals surface area (Å²) in [5, 5.41) is 5.46. The highest BCUT2D eigenvalue weighted by molar-refractivity contribution is 6.30. The quantitative estimate of drug-likeness (QED) is 0.501. The maximum atomic E-state index is 12.6. The molecule has 1 aromatic carbocycles. The van der Waals surface area contributed by atoms with Crippen LogP contribution in [0.1, 0.15) is 17.6 Å². The van der Waals surface area contributed by atoms with Crippen LogP contribution in [-0.2, 0) is 6.54 Å². The smallest absolute Gasteiger partial charge is 0.261 e. The van der Waals surface area contributed by atoms with E-state index in [1.165, 1.54) is 10.9 Å². The lowest BCUT2D eigenvalue weighted by Crippen LogP contribution is -2.23. The Labute approximate surface area is 176 Å². The van der Waals surface area contributed by atoms with Gasteiger partial charge in [-0.3, -0.25) is 14.3 Å². The van der Waals surface area contributed by atoms with E-state index in [9.17, 15) is 4.79 Å². The summed E-state index contributed by atoms with van der Waals surface area (Å²) in [6.07, 6.45) is 4.65. The SMILES string of the molecule is O=c1c2ccncc2ncn1Cc1nc([C@@H]2[C@@H]3CN(c4cccc(Cl)c4)C[C@@H]32)no1. The summed E-state index contributed by atoms with van der Waals surface area (Å²) in [6, 6.07) is 9.61. The Balaban J connectivity index is 1.16. The van der Waals surface area contributed by atoms with Crippen molar-refractivity contribution in [3.05, 3.63) is 76.1 Å². The van der Waals surface area contributed by atoms with Crippen LogP contribution in [0.3, 0.4) is 0 Å².